The average molecular weight is 673 g/mol. The molecule has 1 aliphatic carbocycles. The molecule has 1 aliphatic heterocycles. The summed E-state index contributed by atoms with van der Waals surface area (Å²) in [5, 5.41) is 9.34. The molecule has 1 amide bonds. The maximum Gasteiger partial charge on any atom is 0.416 e. The van der Waals surface area contributed by atoms with Crippen molar-refractivity contribution in [3.63, 3.8) is 0 Å². The Morgan fingerprint density at radius 3 is 2.12 bits per heavy atom. The Balaban J connectivity index is 1.38. The number of ether oxygens (including phenoxy) is 1. The summed E-state index contributed by atoms with van der Waals surface area (Å²) >= 11 is 0. The summed E-state index contributed by atoms with van der Waals surface area (Å²) < 4.78 is 102. The number of aromatic nitrogens is 1. The second kappa shape index (κ2) is 11.9. The molecular formula is C35H27F7N2O4. The topological polar surface area (TPSA) is 79.7 Å². The normalized spacial score (nSPS) is 18.3. The smallest absolute Gasteiger partial charge is 0.416 e. The molecule has 0 radical (unpaired) electrons. The number of carboxylic acid groups (broad SMARTS) is 1. The zero-order chi connectivity index (χ0) is 34.7. The molecule has 250 valence electrons. The molecule has 1 N–H and O–H groups in total. The van der Waals surface area contributed by atoms with Crippen molar-refractivity contribution in [3.05, 3.63) is 112 Å². The van der Waals surface area contributed by atoms with Gasteiger partial charge in [0.2, 0.25) is 0 Å². The number of carbonyl (C=O) groups excluding carboxylic acids is 1. The van der Waals surface area contributed by atoms with Crippen molar-refractivity contribution in [1.82, 2.24) is 9.88 Å². The summed E-state index contributed by atoms with van der Waals surface area (Å²) in [6.07, 6.45) is -10.9. The molecule has 2 atom stereocenters. The zero-order valence-electron chi connectivity index (χ0n) is 25.4. The van der Waals surface area contributed by atoms with E-state index in [1.807, 2.05) is 0 Å². The molecule has 2 fully saturated rings. The second-order valence-corrected chi connectivity index (χ2v) is 12.0. The molecule has 0 bridgehead atoms. The molecule has 4 aromatic rings. The van der Waals surface area contributed by atoms with E-state index in [-0.39, 0.29) is 35.3 Å². The van der Waals surface area contributed by atoms with Crippen LogP contribution in [0, 0.1) is 12.7 Å². The molecule has 48 heavy (non-hydrogen) atoms. The highest BCUT2D eigenvalue weighted by molar-refractivity contribution is 5.89. The first-order chi connectivity index (χ1) is 22.5. The summed E-state index contributed by atoms with van der Waals surface area (Å²) in [4.78, 5) is 30.5. The van der Waals surface area contributed by atoms with Crippen LogP contribution in [-0.2, 0) is 23.6 Å². The number of alkyl halides is 6. The number of halogens is 7. The van der Waals surface area contributed by atoms with E-state index in [9.17, 15) is 41.0 Å². The van der Waals surface area contributed by atoms with Crippen LogP contribution in [-0.4, -0.2) is 33.1 Å². The zero-order valence-corrected chi connectivity index (χ0v) is 25.4. The van der Waals surface area contributed by atoms with E-state index in [1.54, 1.807) is 37.3 Å². The number of benzene rings is 3. The van der Waals surface area contributed by atoms with E-state index in [2.05, 4.69) is 0 Å². The lowest BCUT2D eigenvalue weighted by atomic mass is 9.93. The van der Waals surface area contributed by atoms with Crippen LogP contribution >= 0.6 is 0 Å². The molecule has 2 heterocycles. The van der Waals surface area contributed by atoms with Crippen molar-refractivity contribution in [2.75, 3.05) is 0 Å². The van der Waals surface area contributed by atoms with Gasteiger partial charge < -0.3 is 9.84 Å². The highest BCUT2D eigenvalue weighted by Crippen LogP contribution is 2.43. The number of cyclic esters (lactones) is 1. The van der Waals surface area contributed by atoms with Gasteiger partial charge in [0.15, 0.2) is 0 Å². The van der Waals surface area contributed by atoms with Crippen LogP contribution in [0.25, 0.3) is 22.3 Å². The Labute approximate surface area is 269 Å². The van der Waals surface area contributed by atoms with Crippen molar-refractivity contribution in [2.45, 2.75) is 63.7 Å². The molecule has 0 unspecified atom stereocenters. The van der Waals surface area contributed by atoms with E-state index in [1.165, 1.54) is 25.1 Å². The summed E-state index contributed by atoms with van der Waals surface area (Å²) in [5.74, 6) is -1.55. The average Bonchev–Trinajstić information content (AvgIpc) is 3.83. The third kappa shape index (κ3) is 6.45. The van der Waals surface area contributed by atoms with Gasteiger partial charge >= 0.3 is 24.4 Å². The number of pyridine rings is 1. The predicted octanol–water partition coefficient (Wildman–Crippen LogP) is 9.56. The van der Waals surface area contributed by atoms with Gasteiger partial charge in [-0.3, -0.25) is 9.88 Å². The van der Waals surface area contributed by atoms with Crippen LogP contribution in [0.2, 0.25) is 0 Å². The van der Waals surface area contributed by atoms with Gasteiger partial charge in [-0.1, -0.05) is 18.2 Å². The monoisotopic (exact) mass is 672 g/mol. The first-order valence-electron chi connectivity index (χ1n) is 14.9. The minimum Gasteiger partial charge on any atom is -0.478 e. The van der Waals surface area contributed by atoms with Crippen LogP contribution in [0.5, 0.6) is 0 Å². The number of nitrogens with zero attached hydrogens (tertiary/aromatic N) is 2. The molecule has 6 nitrogen and oxygen atoms in total. The summed E-state index contributed by atoms with van der Waals surface area (Å²) in [5.41, 5.74) is -0.152. The number of carboxylic acids is 1. The highest BCUT2D eigenvalue weighted by atomic mass is 19.4. The number of carbonyl (C=O) groups is 2. The predicted molar refractivity (Wildman–Crippen MR) is 159 cm³/mol. The molecule has 1 aromatic heterocycles. The van der Waals surface area contributed by atoms with Crippen molar-refractivity contribution >= 4 is 12.1 Å². The summed E-state index contributed by atoms with van der Waals surface area (Å²) in [6.45, 7) is 2.90. The summed E-state index contributed by atoms with van der Waals surface area (Å²) in [7, 11) is 0. The fourth-order valence-electron chi connectivity index (χ4n) is 5.97. The molecule has 0 spiro atoms. The fraction of sp³-hybridized carbons (Fsp3) is 0.286. The Hall–Kier alpha value is -4.94. The highest BCUT2D eigenvalue weighted by Gasteiger charge is 2.43. The van der Waals surface area contributed by atoms with Crippen LogP contribution in [0.1, 0.15) is 75.8 Å². The first kappa shape index (κ1) is 33.0. The van der Waals surface area contributed by atoms with Crippen LogP contribution < -0.4 is 0 Å². The van der Waals surface area contributed by atoms with Crippen LogP contribution in [0.15, 0.2) is 66.7 Å². The lowest BCUT2D eigenvalue weighted by molar-refractivity contribution is -0.143. The van der Waals surface area contributed by atoms with E-state index >= 15 is 4.39 Å². The fourth-order valence-corrected chi connectivity index (χ4v) is 5.97. The van der Waals surface area contributed by atoms with E-state index < -0.39 is 59.1 Å². The van der Waals surface area contributed by atoms with Gasteiger partial charge in [-0.05, 0) is 97.5 Å². The SMILES string of the molecule is Cc1cc(C(=O)O)ccc1-c1ccc(F)c(-c2ccc(C3CC3)nc2CN2C(=O)O[C@H](c3cc(C(F)(F)F)cc(C(F)(F)F)c3)[C@@H]2C)c1. The third-order valence-corrected chi connectivity index (χ3v) is 8.68. The van der Waals surface area contributed by atoms with E-state index in [0.29, 0.717) is 40.1 Å². The Morgan fingerprint density at radius 2 is 1.54 bits per heavy atom. The van der Waals surface area contributed by atoms with E-state index in [4.69, 9.17) is 9.72 Å². The lowest BCUT2D eigenvalue weighted by Crippen LogP contribution is -2.32. The van der Waals surface area contributed by atoms with Gasteiger partial charge in [-0.25, -0.2) is 14.0 Å². The number of rotatable bonds is 7. The molecule has 6 rings (SSSR count). The van der Waals surface area contributed by atoms with Crippen molar-refractivity contribution in [3.8, 4) is 22.3 Å². The third-order valence-electron chi connectivity index (χ3n) is 8.68. The molecule has 2 aliphatic rings. The van der Waals surface area contributed by atoms with Gasteiger partial charge in [0.1, 0.15) is 11.9 Å². The Kier molecular flexibility index (Phi) is 8.20. The quantitative estimate of drug-likeness (QED) is 0.198. The maximum atomic E-state index is 15.5. The van der Waals surface area contributed by atoms with Gasteiger partial charge in [0.25, 0.3) is 0 Å². The van der Waals surface area contributed by atoms with Gasteiger partial charge in [-0.15, -0.1) is 0 Å². The minimum atomic E-state index is -5.08. The molecule has 1 saturated carbocycles. The Morgan fingerprint density at radius 1 is 0.896 bits per heavy atom. The molecule has 13 heteroatoms. The van der Waals surface area contributed by atoms with E-state index in [0.717, 1.165) is 17.7 Å². The van der Waals surface area contributed by atoms with Crippen molar-refractivity contribution < 1.29 is 50.2 Å². The number of amides is 1. The van der Waals surface area contributed by atoms with Gasteiger partial charge in [0.05, 0.1) is 35.0 Å². The first-order valence-corrected chi connectivity index (χ1v) is 14.9. The minimum absolute atomic E-state index is 0.00690. The Bertz CT molecular complexity index is 1900. The molecular weight excluding hydrogens is 645 g/mol. The second-order valence-electron chi connectivity index (χ2n) is 12.0. The molecule has 1 saturated heterocycles. The van der Waals surface area contributed by atoms with Crippen LogP contribution in [0.4, 0.5) is 35.5 Å². The largest absolute Gasteiger partial charge is 0.478 e. The number of aromatic carboxylic acids is 1. The van der Waals surface area contributed by atoms with Crippen molar-refractivity contribution in [2.24, 2.45) is 0 Å². The number of hydrogen-bond acceptors (Lipinski definition) is 4. The van der Waals surface area contributed by atoms with Gasteiger partial charge in [-0.2, -0.15) is 26.3 Å². The maximum absolute atomic E-state index is 15.5. The summed E-state index contributed by atoms with van der Waals surface area (Å²) in [6, 6.07) is 12.4. The van der Waals surface area contributed by atoms with Gasteiger partial charge in [0, 0.05) is 22.7 Å². The van der Waals surface area contributed by atoms with Crippen molar-refractivity contribution in [1.29, 1.82) is 0 Å². The number of hydrogen-bond donors (Lipinski definition) is 1. The number of aryl methyl sites for hydroxylation is 1. The molecule has 3 aromatic carbocycles. The lowest BCUT2D eigenvalue weighted by Gasteiger charge is -2.23. The standard InChI is InChI=1S/C35H27F7N2O4/c1-17-11-21(32(45)46)5-7-25(17)20-6-9-28(36)27(14-20)26-8-10-29(19-3-4-19)43-30(26)16-44-18(2)31(48-33(44)47)22-12-23(34(37,38)39)15-24(13-22)35(40,41)42/h5-15,18-19,31H,3-4,16H2,1-2H3,(H,45,46)/t18-,31-/m0/s1. The van der Waals surface area contributed by atoms with Crippen LogP contribution in [0.3, 0.4) is 0 Å².